The summed E-state index contributed by atoms with van der Waals surface area (Å²) >= 11 is 0. The third-order valence-electron chi connectivity index (χ3n) is 4.94. The summed E-state index contributed by atoms with van der Waals surface area (Å²) < 4.78 is 43.1. The first kappa shape index (κ1) is 22.9. The van der Waals surface area contributed by atoms with Gasteiger partial charge in [-0.2, -0.15) is 4.31 Å². The van der Waals surface area contributed by atoms with E-state index in [4.69, 9.17) is 14.2 Å². The van der Waals surface area contributed by atoms with E-state index in [1.165, 1.54) is 4.31 Å². The van der Waals surface area contributed by atoms with Crippen molar-refractivity contribution < 1.29 is 27.4 Å². The molecule has 1 heterocycles. The number of ether oxygens (including phenoxy) is 3. The molecule has 9 heteroatoms. The summed E-state index contributed by atoms with van der Waals surface area (Å²) in [5, 5.41) is 2.75. The van der Waals surface area contributed by atoms with E-state index in [0.29, 0.717) is 30.3 Å². The van der Waals surface area contributed by atoms with Crippen molar-refractivity contribution >= 4 is 15.9 Å². The van der Waals surface area contributed by atoms with Gasteiger partial charge in [0.2, 0.25) is 10.0 Å². The molecule has 1 saturated heterocycles. The fraction of sp³-hybridized carbons (Fsp3) is 0.409. The average molecular weight is 449 g/mol. The van der Waals surface area contributed by atoms with Crippen LogP contribution in [-0.2, 0) is 14.8 Å². The van der Waals surface area contributed by atoms with Crippen LogP contribution in [0.5, 0.6) is 17.2 Å². The molecule has 1 N–H and O–H groups in total. The summed E-state index contributed by atoms with van der Waals surface area (Å²) in [4.78, 5) is 12.5. The number of carbonyl (C=O) groups excluding carboxylic acids is 1. The Bertz CT molecular complexity index is 972. The van der Waals surface area contributed by atoms with Crippen molar-refractivity contribution in [1.82, 2.24) is 9.62 Å². The van der Waals surface area contributed by atoms with Crippen molar-refractivity contribution in [2.24, 2.45) is 0 Å². The largest absolute Gasteiger partial charge is 0.493 e. The van der Waals surface area contributed by atoms with Crippen LogP contribution in [0.3, 0.4) is 0 Å². The molecule has 1 amide bonds. The normalized spacial score (nSPS) is 15.3. The first-order chi connectivity index (χ1) is 14.9. The number of amides is 1. The summed E-state index contributed by atoms with van der Waals surface area (Å²) in [5.74, 6) is 1.31. The van der Waals surface area contributed by atoms with Gasteiger partial charge < -0.3 is 19.5 Å². The van der Waals surface area contributed by atoms with Crippen LogP contribution < -0.4 is 19.5 Å². The highest BCUT2D eigenvalue weighted by molar-refractivity contribution is 7.89. The zero-order valence-electron chi connectivity index (χ0n) is 17.7. The lowest BCUT2D eigenvalue weighted by molar-refractivity contribution is -0.127. The molecule has 1 aliphatic heterocycles. The molecule has 0 bridgehead atoms. The standard InChI is InChI=1S/C22H28N2O6S/c1-17(30-21-8-4-3-7-20(21)28-2)22(25)23-13-16-29-18-9-11-19(12-10-18)31(26,27)24-14-5-6-15-24/h3-4,7-12,17H,5-6,13-16H2,1-2H3,(H,23,25)/t17-/m0/s1. The van der Waals surface area contributed by atoms with Gasteiger partial charge in [-0.1, -0.05) is 12.1 Å². The number of methoxy groups -OCH3 is 1. The number of hydrogen-bond acceptors (Lipinski definition) is 6. The van der Waals surface area contributed by atoms with Crippen LogP contribution in [0.4, 0.5) is 0 Å². The van der Waals surface area contributed by atoms with Crippen molar-refractivity contribution in [1.29, 1.82) is 0 Å². The summed E-state index contributed by atoms with van der Waals surface area (Å²) in [6.45, 7) is 3.32. The van der Waals surface area contributed by atoms with Gasteiger partial charge in [0, 0.05) is 13.1 Å². The van der Waals surface area contributed by atoms with E-state index in [1.54, 1.807) is 56.5 Å². The van der Waals surface area contributed by atoms with E-state index in [2.05, 4.69) is 5.32 Å². The van der Waals surface area contributed by atoms with E-state index in [9.17, 15) is 13.2 Å². The summed E-state index contributed by atoms with van der Waals surface area (Å²) in [6.07, 6.45) is 1.09. The number of nitrogens with zero attached hydrogens (tertiary/aromatic N) is 1. The second-order valence-corrected chi connectivity index (χ2v) is 9.07. The Morgan fingerprint density at radius 3 is 2.35 bits per heavy atom. The number of carbonyl (C=O) groups is 1. The van der Waals surface area contributed by atoms with Crippen LogP contribution in [0.15, 0.2) is 53.4 Å². The molecule has 0 unspecified atom stereocenters. The molecular weight excluding hydrogens is 420 g/mol. The van der Waals surface area contributed by atoms with Crippen LogP contribution in [0.25, 0.3) is 0 Å². The Balaban J connectivity index is 1.43. The minimum atomic E-state index is -3.43. The molecule has 1 aliphatic rings. The minimum Gasteiger partial charge on any atom is -0.493 e. The lowest BCUT2D eigenvalue weighted by atomic mass is 10.3. The van der Waals surface area contributed by atoms with Gasteiger partial charge in [0.05, 0.1) is 18.6 Å². The molecule has 2 aromatic rings. The molecule has 168 valence electrons. The van der Waals surface area contributed by atoms with Gasteiger partial charge in [0.15, 0.2) is 17.6 Å². The van der Waals surface area contributed by atoms with Crippen molar-refractivity contribution in [3.63, 3.8) is 0 Å². The topological polar surface area (TPSA) is 94.2 Å². The summed E-state index contributed by atoms with van der Waals surface area (Å²) in [5.41, 5.74) is 0. The molecule has 0 radical (unpaired) electrons. The predicted octanol–water partition coefficient (Wildman–Crippen LogP) is 2.44. The van der Waals surface area contributed by atoms with E-state index in [-0.39, 0.29) is 24.0 Å². The first-order valence-corrected chi connectivity index (χ1v) is 11.7. The average Bonchev–Trinajstić information content (AvgIpc) is 3.33. The van der Waals surface area contributed by atoms with Gasteiger partial charge in [-0.05, 0) is 56.2 Å². The smallest absolute Gasteiger partial charge is 0.260 e. The maximum atomic E-state index is 12.5. The van der Waals surface area contributed by atoms with Gasteiger partial charge >= 0.3 is 0 Å². The van der Waals surface area contributed by atoms with Crippen LogP contribution in [0.2, 0.25) is 0 Å². The Labute approximate surface area is 183 Å². The molecule has 3 rings (SSSR count). The number of nitrogens with one attached hydrogen (secondary N) is 1. The number of hydrogen-bond donors (Lipinski definition) is 1. The van der Waals surface area contributed by atoms with E-state index < -0.39 is 16.1 Å². The predicted molar refractivity (Wildman–Crippen MR) is 116 cm³/mol. The van der Waals surface area contributed by atoms with Crippen molar-refractivity contribution in [3.05, 3.63) is 48.5 Å². The molecule has 0 spiro atoms. The summed E-state index contributed by atoms with van der Waals surface area (Å²) in [6, 6.07) is 13.5. The van der Waals surface area contributed by atoms with Gasteiger partial charge in [-0.25, -0.2) is 8.42 Å². The van der Waals surface area contributed by atoms with Gasteiger partial charge in [0.1, 0.15) is 12.4 Å². The zero-order valence-corrected chi connectivity index (χ0v) is 18.6. The van der Waals surface area contributed by atoms with Crippen LogP contribution >= 0.6 is 0 Å². The Morgan fingerprint density at radius 2 is 1.71 bits per heavy atom. The lowest BCUT2D eigenvalue weighted by Gasteiger charge is -2.17. The molecular formula is C22H28N2O6S. The second-order valence-electron chi connectivity index (χ2n) is 7.13. The number of rotatable bonds is 10. The number of sulfonamides is 1. The monoisotopic (exact) mass is 448 g/mol. The number of benzene rings is 2. The zero-order chi connectivity index (χ0) is 22.3. The highest BCUT2D eigenvalue weighted by atomic mass is 32.2. The van der Waals surface area contributed by atoms with Crippen molar-refractivity contribution in [2.75, 3.05) is 33.4 Å². The first-order valence-electron chi connectivity index (χ1n) is 10.2. The maximum absolute atomic E-state index is 12.5. The molecule has 8 nitrogen and oxygen atoms in total. The van der Waals surface area contributed by atoms with Crippen LogP contribution in [-0.4, -0.2) is 58.1 Å². The van der Waals surface area contributed by atoms with Crippen molar-refractivity contribution in [3.8, 4) is 17.2 Å². The van der Waals surface area contributed by atoms with Crippen LogP contribution in [0.1, 0.15) is 19.8 Å². The van der Waals surface area contributed by atoms with E-state index >= 15 is 0 Å². The number of para-hydroxylation sites is 2. The molecule has 0 aromatic heterocycles. The molecule has 2 aromatic carbocycles. The third-order valence-corrected chi connectivity index (χ3v) is 6.85. The van der Waals surface area contributed by atoms with Gasteiger partial charge in [-0.3, -0.25) is 4.79 Å². The van der Waals surface area contributed by atoms with Crippen molar-refractivity contribution in [2.45, 2.75) is 30.8 Å². The van der Waals surface area contributed by atoms with Crippen LogP contribution in [0, 0.1) is 0 Å². The third kappa shape index (κ3) is 5.89. The quantitative estimate of drug-likeness (QED) is 0.561. The molecule has 31 heavy (non-hydrogen) atoms. The highest BCUT2D eigenvalue weighted by Gasteiger charge is 2.27. The second kappa shape index (κ2) is 10.5. The Hall–Kier alpha value is -2.78. The molecule has 1 atom stereocenters. The molecule has 1 fully saturated rings. The van der Waals surface area contributed by atoms with E-state index in [0.717, 1.165) is 12.8 Å². The fourth-order valence-electron chi connectivity index (χ4n) is 3.23. The molecule has 0 saturated carbocycles. The van der Waals surface area contributed by atoms with E-state index in [1.807, 2.05) is 6.07 Å². The lowest BCUT2D eigenvalue weighted by Crippen LogP contribution is -2.38. The van der Waals surface area contributed by atoms with Gasteiger partial charge in [0.25, 0.3) is 5.91 Å². The SMILES string of the molecule is COc1ccccc1O[C@@H](C)C(=O)NCCOc1ccc(S(=O)(=O)N2CCCC2)cc1. The minimum absolute atomic E-state index is 0.241. The van der Waals surface area contributed by atoms with Gasteiger partial charge in [-0.15, -0.1) is 0 Å². The summed E-state index contributed by atoms with van der Waals surface area (Å²) in [7, 11) is -1.89. The molecule has 0 aliphatic carbocycles. The highest BCUT2D eigenvalue weighted by Crippen LogP contribution is 2.27. The fourth-order valence-corrected chi connectivity index (χ4v) is 4.75. The Morgan fingerprint density at radius 1 is 1.06 bits per heavy atom. The maximum Gasteiger partial charge on any atom is 0.260 e. The Kier molecular flexibility index (Phi) is 7.75.